The van der Waals surface area contributed by atoms with Gasteiger partial charge in [0.1, 0.15) is 0 Å². The number of halogens is 1. The van der Waals surface area contributed by atoms with Crippen molar-refractivity contribution < 1.29 is 5.11 Å². The lowest BCUT2D eigenvalue weighted by Gasteiger charge is -2.18. The molecule has 0 radical (unpaired) electrons. The first-order valence-corrected chi connectivity index (χ1v) is 8.36. The maximum absolute atomic E-state index is 10.7. The number of benzene rings is 1. The van der Waals surface area contributed by atoms with Crippen molar-refractivity contribution >= 4 is 15.9 Å². The predicted octanol–water partition coefficient (Wildman–Crippen LogP) is 3.29. The molecule has 1 aliphatic rings. The second-order valence-corrected chi connectivity index (χ2v) is 6.66. The van der Waals surface area contributed by atoms with Crippen molar-refractivity contribution in [3.05, 3.63) is 51.3 Å². The topological polar surface area (TPSA) is 38.0 Å². The quantitative estimate of drug-likeness (QED) is 0.920. The number of rotatable bonds is 4. The first-order chi connectivity index (χ1) is 10.1. The van der Waals surface area contributed by atoms with Crippen molar-refractivity contribution in [3.8, 4) is 0 Å². The van der Waals surface area contributed by atoms with Gasteiger partial charge in [-0.1, -0.05) is 24.3 Å². The highest BCUT2D eigenvalue weighted by molar-refractivity contribution is 9.10. The molecule has 0 saturated carbocycles. The molecule has 0 fully saturated rings. The summed E-state index contributed by atoms with van der Waals surface area (Å²) in [6.07, 6.45) is 2.30. The maximum atomic E-state index is 10.7. The van der Waals surface area contributed by atoms with Gasteiger partial charge in [-0.2, -0.15) is 5.10 Å². The Morgan fingerprint density at radius 2 is 1.95 bits per heavy atom. The summed E-state index contributed by atoms with van der Waals surface area (Å²) in [6, 6.07) is 8.52. The zero-order valence-electron chi connectivity index (χ0n) is 12.5. The molecule has 0 bridgehead atoms. The van der Waals surface area contributed by atoms with Crippen LogP contribution in [0.25, 0.3) is 0 Å². The second kappa shape index (κ2) is 5.93. The van der Waals surface area contributed by atoms with Crippen LogP contribution in [0.5, 0.6) is 0 Å². The number of aryl methyl sites for hydroxylation is 2. The third kappa shape index (κ3) is 2.79. The Labute approximate surface area is 134 Å². The van der Waals surface area contributed by atoms with E-state index in [1.54, 1.807) is 0 Å². The van der Waals surface area contributed by atoms with E-state index in [1.807, 2.05) is 11.6 Å². The Hall–Kier alpha value is -1.13. The monoisotopic (exact) mass is 348 g/mol. The van der Waals surface area contributed by atoms with Crippen LogP contribution in [-0.4, -0.2) is 21.0 Å². The van der Waals surface area contributed by atoms with Gasteiger partial charge < -0.3 is 5.11 Å². The number of hydrogen-bond acceptors (Lipinski definition) is 2. The third-order valence-corrected chi connectivity index (χ3v) is 5.51. The fraction of sp³-hybridized carbons (Fsp3) is 0.471. The van der Waals surface area contributed by atoms with Gasteiger partial charge in [0.15, 0.2) is 0 Å². The molecule has 0 spiro atoms. The van der Waals surface area contributed by atoms with Gasteiger partial charge in [0.05, 0.1) is 22.0 Å². The van der Waals surface area contributed by atoms with Gasteiger partial charge in [-0.3, -0.25) is 4.68 Å². The molecular weight excluding hydrogens is 328 g/mol. The summed E-state index contributed by atoms with van der Waals surface area (Å²) in [5.74, 6) is 0.315. The molecule has 21 heavy (non-hydrogen) atoms. The SMILES string of the molecule is CCn1nc(C)c(Br)c1CC(O)C1Cc2ccccc2C1. The number of hydrogen-bond donors (Lipinski definition) is 1. The summed E-state index contributed by atoms with van der Waals surface area (Å²) in [5, 5.41) is 15.2. The Bertz CT molecular complexity index is 625. The Kier molecular flexibility index (Phi) is 4.18. The standard InChI is InChI=1S/C17H21BrN2O/c1-3-20-15(17(18)11(2)19-20)10-16(21)14-8-12-6-4-5-7-13(12)9-14/h4-7,14,16,21H,3,8-10H2,1-2H3. The van der Waals surface area contributed by atoms with Crippen LogP contribution in [0.15, 0.2) is 28.7 Å². The molecule has 1 N–H and O–H groups in total. The minimum Gasteiger partial charge on any atom is -0.392 e. The number of aliphatic hydroxyl groups is 1. The summed E-state index contributed by atoms with van der Waals surface area (Å²) in [5.41, 5.74) is 4.88. The first-order valence-electron chi connectivity index (χ1n) is 7.56. The zero-order valence-corrected chi connectivity index (χ0v) is 14.1. The van der Waals surface area contributed by atoms with Crippen LogP contribution >= 0.6 is 15.9 Å². The molecule has 0 saturated heterocycles. The van der Waals surface area contributed by atoms with E-state index in [9.17, 15) is 5.11 Å². The van der Waals surface area contributed by atoms with Crippen LogP contribution < -0.4 is 0 Å². The molecule has 0 amide bonds. The number of nitrogens with zero attached hydrogens (tertiary/aromatic N) is 2. The van der Waals surface area contributed by atoms with E-state index < -0.39 is 0 Å². The highest BCUT2D eigenvalue weighted by Gasteiger charge is 2.28. The third-order valence-electron chi connectivity index (χ3n) is 4.48. The molecule has 3 nitrogen and oxygen atoms in total. The van der Waals surface area contributed by atoms with Gasteiger partial charge in [-0.05, 0) is 59.7 Å². The summed E-state index contributed by atoms with van der Waals surface area (Å²) in [6.45, 7) is 4.91. The first kappa shape index (κ1) is 14.8. The normalized spacial score (nSPS) is 16.2. The molecule has 1 aromatic carbocycles. The lowest BCUT2D eigenvalue weighted by Crippen LogP contribution is -2.25. The largest absolute Gasteiger partial charge is 0.392 e. The van der Waals surface area contributed by atoms with Crippen molar-refractivity contribution in [1.82, 2.24) is 9.78 Å². The molecule has 1 aromatic heterocycles. The molecule has 1 aliphatic carbocycles. The van der Waals surface area contributed by atoms with E-state index in [0.29, 0.717) is 12.3 Å². The van der Waals surface area contributed by atoms with E-state index in [4.69, 9.17) is 0 Å². The number of aromatic nitrogens is 2. The van der Waals surface area contributed by atoms with Crippen LogP contribution in [0.4, 0.5) is 0 Å². The average Bonchev–Trinajstić information content (AvgIpc) is 3.03. The Morgan fingerprint density at radius 3 is 2.52 bits per heavy atom. The molecule has 1 atom stereocenters. The smallest absolute Gasteiger partial charge is 0.0738 e. The maximum Gasteiger partial charge on any atom is 0.0738 e. The van der Waals surface area contributed by atoms with Crippen LogP contribution in [0.2, 0.25) is 0 Å². The fourth-order valence-corrected chi connectivity index (χ4v) is 3.74. The zero-order chi connectivity index (χ0) is 15.0. The van der Waals surface area contributed by atoms with Gasteiger partial charge >= 0.3 is 0 Å². The minimum absolute atomic E-state index is 0.315. The summed E-state index contributed by atoms with van der Waals surface area (Å²) in [7, 11) is 0. The predicted molar refractivity (Wildman–Crippen MR) is 87.4 cm³/mol. The Morgan fingerprint density at radius 1 is 1.33 bits per heavy atom. The lowest BCUT2D eigenvalue weighted by atomic mass is 9.95. The van der Waals surface area contributed by atoms with Crippen molar-refractivity contribution in [2.45, 2.75) is 45.8 Å². The van der Waals surface area contributed by atoms with E-state index >= 15 is 0 Å². The van der Waals surface area contributed by atoms with Crippen molar-refractivity contribution in [2.24, 2.45) is 5.92 Å². The van der Waals surface area contributed by atoms with Crippen molar-refractivity contribution in [3.63, 3.8) is 0 Å². The highest BCUT2D eigenvalue weighted by atomic mass is 79.9. The highest BCUT2D eigenvalue weighted by Crippen LogP contribution is 2.31. The lowest BCUT2D eigenvalue weighted by molar-refractivity contribution is 0.110. The second-order valence-electron chi connectivity index (χ2n) is 5.87. The van der Waals surface area contributed by atoms with E-state index in [-0.39, 0.29) is 6.10 Å². The van der Waals surface area contributed by atoms with Crippen LogP contribution in [0.1, 0.15) is 29.4 Å². The van der Waals surface area contributed by atoms with Gasteiger partial charge in [-0.15, -0.1) is 0 Å². The molecule has 112 valence electrons. The van der Waals surface area contributed by atoms with Crippen LogP contribution in [0.3, 0.4) is 0 Å². The summed E-state index contributed by atoms with van der Waals surface area (Å²) >= 11 is 3.61. The van der Waals surface area contributed by atoms with Gasteiger partial charge in [0.25, 0.3) is 0 Å². The van der Waals surface area contributed by atoms with Crippen molar-refractivity contribution in [1.29, 1.82) is 0 Å². The fourth-order valence-electron chi connectivity index (χ4n) is 3.29. The average molecular weight is 349 g/mol. The van der Waals surface area contributed by atoms with Crippen LogP contribution in [-0.2, 0) is 25.8 Å². The minimum atomic E-state index is -0.324. The van der Waals surface area contributed by atoms with E-state index in [2.05, 4.69) is 52.2 Å². The summed E-state index contributed by atoms with van der Waals surface area (Å²) in [4.78, 5) is 0. The molecule has 4 heteroatoms. The number of aliphatic hydroxyl groups excluding tert-OH is 1. The van der Waals surface area contributed by atoms with Gasteiger partial charge in [0.2, 0.25) is 0 Å². The van der Waals surface area contributed by atoms with E-state index in [0.717, 1.165) is 35.2 Å². The molecule has 2 aromatic rings. The molecule has 3 rings (SSSR count). The molecular formula is C17H21BrN2O. The van der Waals surface area contributed by atoms with E-state index in [1.165, 1.54) is 11.1 Å². The van der Waals surface area contributed by atoms with Crippen LogP contribution in [0, 0.1) is 12.8 Å². The molecule has 0 aliphatic heterocycles. The summed E-state index contributed by atoms with van der Waals surface area (Å²) < 4.78 is 3.03. The van der Waals surface area contributed by atoms with Gasteiger partial charge in [-0.25, -0.2) is 0 Å². The number of fused-ring (bicyclic) bond motifs is 1. The Balaban J connectivity index is 1.75. The van der Waals surface area contributed by atoms with Gasteiger partial charge in [0, 0.05) is 13.0 Å². The van der Waals surface area contributed by atoms with Crippen molar-refractivity contribution in [2.75, 3.05) is 0 Å². The molecule has 1 heterocycles. The molecule has 1 unspecified atom stereocenters.